The molecule has 0 aliphatic heterocycles. The first-order chi connectivity index (χ1) is 7.53. The van der Waals surface area contributed by atoms with Gasteiger partial charge >= 0.3 is 10.1 Å². The Kier molecular flexibility index (Phi) is 4.50. The molecular formula is C10H14N2O3S. The standard InChI is InChI=1S/C10H14N2O3S/c1-16(13,14)15-12-10(8-11)9-6-4-2-3-5-7-9/h6H,2-5,7H2,1H3/b12-10+. The third-order valence-electron chi connectivity index (χ3n) is 2.21. The zero-order chi connectivity index (χ0) is 12.0. The summed E-state index contributed by atoms with van der Waals surface area (Å²) in [5.41, 5.74) is 0.843. The van der Waals surface area contributed by atoms with Crippen LogP contribution < -0.4 is 0 Å². The second-order valence-electron chi connectivity index (χ2n) is 3.66. The van der Waals surface area contributed by atoms with E-state index in [4.69, 9.17) is 5.26 Å². The van der Waals surface area contributed by atoms with Crippen LogP contribution in [0.2, 0.25) is 0 Å². The Labute approximate surface area is 95.5 Å². The molecule has 0 radical (unpaired) electrons. The SMILES string of the molecule is CS(=O)(=O)O/N=C(\C#N)C1=CCCCCC1. The molecule has 0 atom stereocenters. The van der Waals surface area contributed by atoms with Crippen molar-refractivity contribution in [3.63, 3.8) is 0 Å². The van der Waals surface area contributed by atoms with Crippen molar-refractivity contribution >= 4 is 15.8 Å². The second kappa shape index (κ2) is 5.66. The molecule has 6 heteroatoms. The lowest BCUT2D eigenvalue weighted by Gasteiger charge is -2.01. The van der Waals surface area contributed by atoms with Crippen LogP contribution in [-0.4, -0.2) is 20.4 Å². The first kappa shape index (κ1) is 12.7. The summed E-state index contributed by atoms with van der Waals surface area (Å²) in [4.78, 5) is 0. The van der Waals surface area contributed by atoms with Crippen molar-refractivity contribution < 1.29 is 12.7 Å². The molecule has 0 saturated heterocycles. The van der Waals surface area contributed by atoms with Gasteiger partial charge in [-0.1, -0.05) is 17.7 Å². The van der Waals surface area contributed by atoms with Crippen molar-refractivity contribution in [1.82, 2.24) is 0 Å². The van der Waals surface area contributed by atoms with Gasteiger partial charge in [-0.05, 0) is 31.3 Å². The van der Waals surface area contributed by atoms with Crippen molar-refractivity contribution in [2.45, 2.75) is 32.1 Å². The van der Waals surface area contributed by atoms with Crippen LogP contribution in [0.4, 0.5) is 0 Å². The summed E-state index contributed by atoms with van der Waals surface area (Å²) in [5.74, 6) is 0. The highest BCUT2D eigenvalue weighted by molar-refractivity contribution is 7.85. The van der Waals surface area contributed by atoms with Crippen molar-refractivity contribution in [1.29, 1.82) is 5.26 Å². The van der Waals surface area contributed by atoms with Gasteiger partial charge < -0.3 is 0 Å². The molecule has 0 spiro atoms. The molecule has 1 aliphatic rings. The molecule has 0 bridgehead atoms. The lowest BCUT2D eigenvalue weighted by atomic mass is 10.1. The van der Waals surface area contributed by atoms with Crippen LogP contribution in [0.15, 0.2) is 16.8 Å². The molecule has 0 N–H and O–H groups in total. The van der Waals surface area contributed by atoms with Gasteiger partial charge in [-0.3, -0.25) is 4.28 Å². The number of oxime groups is 1. The molecule has 88 valence electrons. The molecule has 0 heterocycles. The van der Waals surface area contributed by atoms with Crippen LogP contribution in [0.25, 0.3) is 0 Å². The highest BCUT2D eigenvalue weighted by atomic mass is 32.2. The molecule has 1 rings (SSSR count). The summed E-state index contributed by atoms with van der Waals surface area (Å²) < 4.78 is 25.8. The van der Waals surface area contributed by atoms with Crippen molar-refractivity contribution in [3.8, 4) is 6.07 Å². The van der Waals surface area contributed by atoms with Gasteiger partial charge in [-0.2, -0.15) is 13.7 Å². The van der Waals surface area contributed by atoms with Crippen LogP contribution in [0.3, 0.4) is 0 Å². The summed E-state index contributed by atoms with van der Waals surface area (Å²) >= 11 is 0. The van der Waals surface area contributed by atoms with Crippen molar-refractivity contribution in [2.24, 2.45) is 5.16 Å². The monoisotopic (exact) mass is 242 g/mol. The first-order valence-electron chi connectivity index (χ1n) is 5.09. The molecule has 0 aromatic rings. The summed E-state index contributed by atoms with van der Waals surface area (Å²) in [6.07, 6.45) is 7.67. The van der Waals surface area contributed by atoms with Gasteiger partial charge in [0.25, 0.3) is 0 Å². The minimum Gasteiger partial charge on any atom is -0.267 e. The lowest BCUT2D eigenvalue weighted by Crippen LogP contribution is -2.04. The summed E-state index contributed by atoms with van der Waals surface area (Å²) in [6.45, 7) is 0. The number of nitriles is 1. The molecule has 1 aliphatic carbocycles. The normalized spacial score (nSPS) is 18.2. The van der Waals surface area contributed by atoms with Crippen LogP contribution in [-0.2, 0) is 14.4 Å². The average molecular weight is 242 g/mol. The second-order valence-corrected chi connectivity index (χ2v) is 5.22. The van der Waals surface area contributed by atoms with E-state index in [9.17, 15) is 8.42 Å². The van der Waals surface area contributed by atoms with E-state index in [1.807, 2.05) is 12.1 Å². The van der Waals surface area contributed by atoms with E-state index in [0.29, 0.717) is 0 Å². The van der Waals surface area contributed by atoms with E-state index in [2.05, 4.69) is 9.44 Å². The molecule has 0 aromatic heterocycles. The Hall–Kier alpha value is -1.35. The van der Waals surface area contributed by atoms with E-state index < -0.39 is 10.1 Å². The van der Waals surface area contributed by atoms with Crippen LogP contribution in [0.5, 0.6) is 0 Å². The Bertz CT molecular complexity index is 443. The summed E-state index contributed by atoms with van der Waals surface area (Å²) in [5, 5.41) is 12.2. The topological polar surface area (TPSA) is 79.5 Å². The van der Waals surface area contributed by atoms with Gasteiger partial charge in [0.15, 0.2) is 5.71 Å². The maximum Gasteiger partial charge on any atom is 0.325 e. The van der Waals surface area contributed by atoms with Crippen LogP contribution in [0, 0.1) is 11.3 Å². The van der Waals surface area contributed by atoms with Crippen LogP contribution in [0.1, 0.15) is 32.1 Å². The van der Waals surface area contributed by atoms with Gasteiger partial charge in [0, 0.05) is 0 Å². The third kappa shape index (κ3) is 4.45. The first-order valence-corrected chi connectivity index (χ1v) is 6.91. The Balaban J connectivity index is 2.81. The van der Waals surface area contributed by atoms with Gasteiger partial charge in [0.1, 0.15) is 6.07 Å². The summed E-state index contributed by atoms with van der Waals surface area (Å²) in [7, 11) is -3.64. The molecule has 0 amide bonds. The van der Waals surface area contributed by atoms with E-state index >= 15 is 0 Å². The van der Waals surface area contributed by atoms with E-state index in [1.54, 1.807) is 0 Å². The highest BCUT2D eigenvalue weighted by Crippen LogP contribution is 2.18. The largest absolute Gasteiger partial charge is 0.325 e. The van der Waals surface area contributed by atoms with Crippen molar-refractivity contribution in [2.75, 3.05) is 6.26 Å². The molecule has 0 fully saturated rings. The number of hydrogen-bond acceptors (Lipinski definition) is 5. The minimum absolute atomic E-state index is 0.0623. The summed E-state index contributed by atoms with van der Waals surface area (Å²) in [6, 6.07) is 1.86. The fourth-order valence-electron chi connectivity index (χ4n) is 1.49. The molecule has 0 unspecified atom stereocenters. The number of hydrogen-bond donors (Lipinski definition) is 0. The molecule has 0 saturated carbocycles. The predicted molar refractivity (Wildman–Crippen MR) is 60.1 cm³/mol. The van der Waals surface area contributed by atoms with E-state index in [0.717, 1.165) is 43.9 Å². The third-order valence-corrected chi connectivity index (χ3v) is 2.56. The van der Waals surface area contributed by atoms with Crippen LogP contribution >= 0.6 is 0 Å². The number of rotatable bonds is 3. The fourth-order valence-corrected chi connectivity index (χ4v) is 1.70. The Morgan fingerprint density at radius 3 is 2.88 bits per heavy atom. The lowest BCUT2D eigenvalue weighted by molar-refractivity contribution is 0.343. The quantitative estimate of drug-likeness (QED) is 0.557. The Morgan fingerprint density at radius 2 is 2.25 bits per heavy atom. The smallest absolute Gasteiger partial charge is 0.267 e. The maximum atomic E-state index is 10.7. The van der Waals surface area contributed by atoms with Gasteiger partial charge in [0.2, 0.25) is 0 Å². The molecule has 5 nitrogen and oxygen atoms in total. The van der Waals surface area contributed by atoms with Crippen molar-refractivity contribution in [3.05, 3.63) is 11.6 Å². The van der Waals surface area contributed by atoms with Gasteiger partial charge in [-0.15, -0.1) is 0 Å². The zero-order valence-corrected chi connectivity index (χ0v) is 9.96. The van der Waals surface area contributed by atoms with Gasteiger partial charge in [0.05, 0.1) is 6.26 Å². The Morgan fingerprint density at radius 1 is 1.50 bits per heavy atom. The minimum atomic E-state index is -3.64. The zero-order valence-electron chi connectivity index (χ0n) is 9.14. The molecule has 0 aromatic carbocycles. The highest BCUT2D eigenvalue weighted by Gasteiger charge is 2.11. The van der Waals surface area contributed by atoms with E-state index in [-0.39, 0.29) is 5.71 Å². The fraction of sp³-hybridized carbons (Fsp3) is 0.600. The predicted octanol–water partition coefficient (Wildman–Crippen LogP) is 1.73. The number of allylic oxidation sites excluding steroid dienone is 2. The van der Waals surface area contributed by atoms with Gasteiger partial charge in [-0.25, -0.2) is 0 Å². The molecule has 16 heavy (non-hydrogen) atoms. The van der Waals surface area contributed by atoms with E-state index in [1.165, 1.54) is 0 Å². The maximum absolute atomic E-state index is 10.7. The molecular weight excluding hydrogens is 228 g/mol. The average Bonchev–Trinajstić information content (AvgIpc) is 2.46. The number of nitrogens with zero attached hydrogens (tertiary/aromatic N) is 2.